The molecule has 14 heavy (non-hydrogen) atoms. The van der Waals surface area contributed by atoms with Gasteiger partial charge >= 0.3 is 0 Å². The van der Waals surface area contributed by atoms with E-state index < -0.39 is 0 Å². The van der Waals surface area contributed by atoms with Crippen molar-refractivity contribution in [2.24, 2.45) is 0 Å². The van der Waals surface area contributed by atoms with Crippen LogP contribution in [0.3, 0.4) is 0 Å². The molecule has 0 spiro atoms. The van der Waals surface area contributed by atoms with Gasteiger partial charge in [-0.05, 0) is 21.1 Å². The van der Waals surface area contributed by atoms with Crippen LogP contribution in [0.25, 0.3) is 0 Å². The first kappa shape index (κ1) is 11.4. The van der Waals surface area contributed by atoms with Gasteiger partial charge in [0.2, 0.25) is 0 Å². The standard InChI is InChI=1S/C9H18N4S/c1-12(2)4-5-13(3)6-8-7-14-9(10)11-8/h7H,4-6H2,1-3H3,(H2,10,11). The molecule has 0 aliphatic heterocycles. The van der Waals surface area contributed by atoms with Crippen molar-refractivity contribution in [1.29, 1.82) is 0 Å². The van der Waals surface area contributed by atoms with Gasteiger partial charge in [0.25, 0.3) is 0 Å². The molecule has 5 heteroatoms. The number of rotatable bonds is 5. The second-order valence-electron chi connectivity index (χ2n) is 3.72. The maximum Gasteiger partial charge on any atom is 0.180 e. The topological polar surface area (TPSA) is 45.4 Å². The first-order chi connectivity index (χ1) is 6.58. The highest BCUT2D eigenvalue weighted by Crippen LogP contribution is 2.12. The monoisotopic (exact) mass is 214 g/mol. The molecule has 1 aromatic heterocycles. The molecule has 1 rings (SSSR count). The van der Waals surface area contributed by atoms with Crippen LogP contribution in [0.2, 0.25) is 0 Å². The van der Waals surface area contributed by atoms with E-state index in [2.05, 4.69) is 35.9 Å². The predicted molar refractivity (Wildman–Crippen MR) is 61.4 cm³/mol. The first-order valence-corrected chi connectivity index (χ1v) is 5.49. The highest BCUT2D eigenvalue weighted by atomic mass is 32.1. The average molecular weight is 214 g/mol. The minimum absolute atomic E-state index is 0.654. The van der Waals surface area contributed by atoms with Gasteiger partial charge < -0.3 is 10.6 Å². The SMILES string of the molecule is CN(C)CCN(C)Cc1csc(N)n1. The lowest BCUT2D eigenvalue weighted by Crippen LogP contribution is -2.28. The lowest BCUT2D eigenvalue weighted by Gasteiger charge is -2.17. The summed E-state index contributed by atoms with van der Waals surface area (Å²) in [6.45, 7) is 2.99. The molecule has 1 heterocycles. The summed E-state index contributed by atoms with van der Waals surface area (Å²) in [5.74, 6) is 0. The first-order valence-electron chi connectivity index (χ1n) is 4.61. The molecule has 4 nitrogen and oxygen atoms in total. The molecular weight excluding hydrogens is 196 g/mol. The van der Waals surface area contributed by atoms with E-state index in [4.69, 9.17) is 5.73 Å². The smallest absolute Gasteiger partial charge is 0.180 e. The van der Waals surface area contributed by atoms with Crippen molar-refractivity contribution in [1.82, 2.24) is 14.8 Å². The number of hydrogen-bond donors (Lipinski definition) is 1. The van der Waals surface area contributed by atoms with Crippen molar-refractivity contribution in [3.8, 4) is 0 Å². The molecule has 0 aromatic carbocycles. The lowest BCUT2D eigenvalue weighted by molar-refractivity contribution is 0.274. The number of aromatic nitrogens is 1. The molecule has 0 unspecified atom stereocenters. The number of nitrogens with two attached hydrogens (primary N) is 1. The van der Waals surface area contributed by atoms with E-state index >= 15 is 0 Å². The van der Waals surface area contributed by atoms with Crippen molar-refractivity contribution in [2.45, 2.75) is 6.54 Å². The average Bonchev–Trinajstić information content (AvgIpc) is 2.48. The Morgan fingerprint density at radius 3 is 2.57 bits per heavy atom. The molecule has 2 N–H and O–H groups in total. The van der Waals surface area contributed by atoms with Gasteiger partial charge in [0.1, 0.15) is 0 Å². The molecule has 0 saturated heterocycles. The molecule has 0 bridgehead atoms. The number of nitrogen functional groups attached to an aromatic ring is 1. The zero-order valence-electron chi connectivity index (χ0n) is 9.03. The Bertz CT molecular complexity index is 272. The van der Waals surface area contributed by atoms with E-state index in [1.165, 1.54) is 11.3 Å². The van der Waals surface area contributed by atoms with Crippen LogP contribution in [0.4, 0.5) is 5.13 Å². The number of thiazole rings is 1. The molecule has 0 atom stereocenters. The van der Waals surface area contributed by atoms with Gasteiger partial charge in [-0.2, -0.15) is 0 Å². The molecule has 0 aliphatic rings. The van der Waals surface area contributed by atoms with E-state index in [1.807, 2.05) is 5.38 Å². The van der Waals surface area contributed by atoms with Crippen LogP contribution >= 0.6 is 11.3 Å². The van der Waals surface area contributed by atoms with Gasteiger partial charge in [0.05, 0.1) is 5.69 Å². The Morgan fingerprint density at radius 2 is 2.07 bits per heavy atom. The maximum atomic E-state index is 5.56. The van der Waals surface area contributed by atoms with E-state index in [1.54, 1.807) is 0 Å². The highest BCUT2D eigenvalue weighted by molar-refractivity contribution is 7.13. The second-order valence-corrected chi connectivity index (χ2v) is 4.61. The minimum Gasteiger partial charge on any atom is -0.375 e. The van der Waals surface area contributed by atoms with Crippen molar-refractivity contribution in [2.75, 3.05) is 40.0 Å². The van der Waals surface area contributed by atoms with Gasteiger partial charge in [0.15, 0.2) is 5.13 Å². The van der Waals surface area contributed by atoms with Crippen molar-refractivity contribution < 1.29 is 0 Å². The number of likely N-dealkylation sites (N-methyl/N-ethyl adjacent to an activating group) is 2. The molecule has 0 radical (unpaired) electrons. The fourth-order valence-corrected chi connectivity index (χ4v) is 1.68. The predicted octanol–water partition coefficient (Wildman–Crippen LogP) is 0.719. The van der Waals surface area contributed by atoms with Crippen LogP contribution < -0.4 is 5.73 Å². The summed E-state index contributed by atoms with van der Waals surface area (Å²) in [6.07, 6.45) is 0. The van der Waals surface area contributed by atoms with Gasteiger partial charge in [0, 0.05) is 25.0 Å². The Labute approximate surface area is 89.3 Å². The summed E-state index contributed by atoms with van der Waals surface area (Å²) in [6, 6.07) is 0. The van der Waals surface area contributed by atoms with Gasteiger partial charge in [-0.3, -0.25) is 4.90 Å². The third kappa shape index (κ3) is 4.04. The quantitative estimate of drug-likeness (QED) is 0.784. The number of anilines is 1. The normalized spacial score (nSPS) is 11.5. The summed E-state index contributed by atoms with van der Waals surface area (Å²) in [7, 11) is 6.25. The number of nitrogens with zero attached hydrogens (tertiary/aromatic N) is 3. The lowest BCUT2D eigenvalue weighted by atomic mass is 10.4. The third-order valence-electron chi connectivity index (χ3n) is 1.93. The molecule has 0 aliphatic carbocycles. The number of hydrogen-bond acceptors (Lipinski definition) is 5. The van der Waals surface area contributed by atoms with Gasteiger partial charge in [-0.1, -0.05) is 0 Å². The van der Waals surface area contributed by atoms with Crippen molar-refractivity contribution in [3.63, 3.8) is 0 Å². The van der Waals surface area contributed by atoms with Gasteiger partial charge in [-0.25, -0.2) is 4.98 Å². The summed E-state index contributed by atoms with van der Waals surface area (Å²) in [4.78, 5) is 8.64. The van der Waals surface area contributed by atoms with Crippen LogP contribution in [0.1, 0.15) is 5.69 Å². The minimum atomic E-state index is 0.654. The molecule has 80 valence electrons. The fourth-order valence-electron chi connectivity index (χ4n) is 1.12. The summed E-state index contributed by atoms with van der Waals surface area (Å²) in [5.41, 5.74) is 6.62. The molecule has 0 saturated carbocycles. The van der Waals surface area contributed by atoms with Crippen LogP contribution in [0, 0.1) is 0 Å². The Hall–Kier alpha value is -0.650. The third-order valence-corrected chi connectivity index (χ3v) is 2.65. The van der Waals surface area contributed by atoms with Crippen LogP contribution in [-0.2, 0) is 6.54 Å². The van der Waals surface area contributed by atoms with E-state index in [9.17, 15) is 0 Å². The van der Waals surface area contributed by atoms with Gasteiger partial charge in [-0.15, -0.1) is 11.3 Å². The fraction of sp³-hybridized carbons (Fsp3) is 0.667. The van der Waals surface area contributed by atoms with Crippen LogP contribution in [-0.4, -0.2) is 49.0 Å². The molecule has 0 fully saturated rings. The van der Waals surface area contributed by atoms with E-state index in [0.29, 0.717) is 5.13 Å². The van der Waals surface area contributed by atoms with Crippen LogP contribution in [0.5, 0.6) is 0 Å². The largest absolute Gasteiger partial charge is 0.375 e. The maximum absolute atomic E-state index is 5.56. The second kappa shape index (κ2) is 5.29. The highest BCUT2D eigenvalue weighted by Gasteiger charge is 2.03. The Morgan fingerprint density at radius 1 is 1.36 bits per heavy atom. The zero-order valence-corrected chi connectivity index (χ0v) is 9.84. The summed E-state index contributed by atoms with van der Waals surface area (Å²) in [5, 5.41) is 2.67. The van der Waals surface area contributed by atoms with Crippen molar-refractivity contribution >= 4 is 16.5 Å². The Balaban J connectivity index is 2.30. The summed E-state index contributed by atoms with van der Waals surface area (Å²) < 4.78 is 0. The zero-order chi connectivity index (χ0) is 10.6. The molecule has 0 amide bonds. The molecular formula is C9H18N4S. The van der Waals surface area contributed by atoms with E-state index in [-0.39, 0.29) is 0 Å². The van der Waals surface area contributed by atoms with E-state index in [0.717, 1.165) is 25.3 Å². The summed E-state index contributed by atoms with van der Waals surface area (Å²) >= 11 is 1.50. The van der Waals surface area contributed by atoms with Crippen molar-refractivity contribution in [3.05, 3.63) is 11.1 Å². The molecule has 1 aromatic rings. The Kier molecular flexibility index (Phi) is 4.31. The van der Waals surface area contributed by atoms with Crippen LogP contribution in [0.15, 0.2) is 5.38 Å².